The summed E-state index contributed by atoms with van der Waals surface area (Å²) in [7, 11) is 0. The van der Waals surface area contributed by atoms with Crippen LogP contribution in [-0.2, 0) is 11.2 Å². The van der Waals surface area contributed by atoms with Crippen molar-refractivity contribution in [3.05, 3.63) is 63.7 Å². The van der Waals surface area contributed by atoms with Gasteiger partial charge in [0.15, 0.2) is 5.78 Å². The molecule has 0 aliphatic carbocycles. The molecule has 0 aliphatic rings. The molecule has 2 aromatic rings. The Bertz CT molecular complexity index is 708. The molecular formula is C16H14ClNO3. The maximum Gasteiger partial charge on any atom is 0.307 e. The molecule has 4 nitrogen and oxygen atoms in total. The van der Waals surface area contributed by atoms with Gasteiger partial charge in [0.25, 0.3) is 0 Å². The van der Waals surface area contributed by atoms with Gasteiger partial charge in [-0.25, -0.2) is 0 Å². The topological polar surface area (TPSA) is 80.4 Å². The zero-order valence-corrected chi connectivity index (χ0v) is 12.1. The maximum atomic E-state index is 12.5. The van der Waals surface area contributed by atoms with Crippen LogP contribution in [0.2, 0.25) is 5.02 Å². The Morgan fingerprint density at radius 3 is 2.38 bits per heavy atom. The van der Waals surface area contributed by atoms with Gasteiger partial charge in [-0.15, -0.1) is 0 Å². The van der Waals surface area contributed by atoms with Crippen LogP contribution in [0, 0.1) is 6.92 Å². The summed E-state index contributed by atoms with van der Waals surface area (Å²) in [6, 6.07) is 9.82. The molecule has 2 rings (SSSR count). The first-order valence-corrected chi connectivity index (χ1v) is 6.67. The number of anilines is 1. The lowest BCUT2D eigenvalue weighted by Crippen LogP contribution is -2.11. The number of halogens is 1. The van der Waals surface area contributed by atoms with Crippen LogP contribution in [-0.4, -0.2) is 16.9 Å². The number of nitrogens with two attached hydrogens (primary N) is 1. The number of carboxylic acid groups (broad SMARTS) is 1. The van der Waals surface area contributed by atoms with Gasteiger partial charge in [-0.05, 0) is 48.4 Å². The molecule has 0 bridgehead atoms. The first-order valence-electron chi connectivity index (χ1n) is 6.29. The van der Waals surface area contributed by atoms with Gasteiger partial charge < -0.3 is 10.8 Å². The summed E-state index contributed by atoms with van der Waals surface area (Å²) in [6.45, 7) is 1.80. The van der Waals surface area contributed by atoms with Gasteiger partial charge in [-0.2, -0.15) is 0 Å². The number of carbonyl (C=O) groups is 2. The van der Waals surface area contributed by atoms with Crippen molar-refractivity contribution in [3.63, 3.8) is 0 Å². The third kappa shape index (κ3) is 3.41. The van der Waals surface area contributed by atoms with Gasteiger partial charge in [0.05, 0.1) is 6.42 Å². The van der Waals surface area contributed by atoms with E-state index in [2.05, 4.69) is 0 Å². The molecule has 0 aromatic heterocycles. The molecule has 2 aromatic carbocycles. The lowest BCUT2D eigenvalue weighted by Gasteiger charge is -2.11. The van der Waals surface area contributed by atoms with Crippen molar-refractivity contribution < 1.29 is 14.7 Å². The highest BCUT2D eigenvalue weighted by molar-refractivity contribution is 6.30. The molecule has 21 heavy (non-hydrogen) atoms. The number of aliphatic carboxylic acids is 1. The van der Waals surface area contributed by atoms with Gasteiger partial charge >= 0.3 is 5.97 Å². The minimum Gasteiger partial charge on any atom is -0.481 e. The van der Waals surface area contributed by atoms with E-state index in [0.29, 0.717) is 21.7 Å². The molecule has 0 fully saturated rings. The van der Waals surface area contributed by atoms with E-state index in [1.807, 2.05) is 0 Å². The molecule has 3 N–H and O–H groups in total. The Morgan fingerprint density at radius 1 is 1.19 bits per heavy atom. The minimum atomic E-state index is -0.989. The zero-order valence-electron chi connectivity index (χ0n) is 11.4. The fourth-order valence-electron chi connectivity index (χ4n) is 2.13. The Kier molecular flexibility index (Phi) is 4.29. The average molecular weight is 304 g/mol. The number of nitrogen functional groups attached to an aromatic ring is 1. The summed E-state index contributed by atoms with van der Waals surface area (Å²) in [6.07, 6.45) is -0.214. The molecule has 0 unspecified atom stereocenters. The third-order valence-electron chi connectivity index (χ3n) is 3.10. The Morgan fingerprint density at radius 2 is 1.81 bits per heavy atom. The molecule has 0 saturated heterocycles. The average Bonchev–Trinajstić information content (AvgIpc) is 2.42. The van der Waals surface area contributed by atoms with Crippen LogP contribution >= 0.6 is 11.6 Å². The molecule has 0 amide bonds. The first-order chi connectivity index (χ1) is 9.88. The smallest absolute Gasteiger partial charge is 0.307 e. The molecule has 0 saturated carbocycles. The van der Waals surface area contributed by atoms with E-state index in [1.165, 1.54) is 0 Å². The van der Waals surface area contributed by atoms with Crippen molar-refractivity contribution in [2.45, 2.75) is 13.3 Å². The van der Waals surface area contributed by atoms with Gasteiger partial charge in [0.2, 0.25) is 0 Å². The summed E-state index contributed by atoms with van der Waals surface area (Å²) >= 11 is 5.80. The second-order valence-corrected chi connectivity index (χ2v) is 5.23. The van der Waals surface area contributed by atoms with Crippen LogP contribution < -0.4 is 5.73 Å². The Labute approximate surface area is 127 Å². The first kappa shape index (κ1) is 15.1. The van der Waals surface area contributed by atoms with Crippen molar-refractivity contribution in [1.82, 2.24) is 0 Å². The van der Waals surface area contributed by atoms with Crippen LogP contribution in [0.3, 0.4) is 0 Å². The standard InChI is InChI=1S/C16H14ClNO3/c1-9-6-11(8-14(19)20)15(18)13(7-9)16(21)10-2-4-12(17)5-3-10/h2-7H,8,18H2,1H3,(H,19,20). The minimum absolute atomic E-state index is 0.211. The lowest BCUT2D eigenvalue weighted by molar-refractivity contribution is -0.136. The zero-order chi connectivity index (χ0) is 15.6. The number of ketones is 1. The van der Waals surface area contributed by atoms with Crippen molar-refractivity contribution in [2.75, 3.05) is 5.73 Å². The lowest BCUT2D eigenvalue weighted by atomic mass is 9.95. The summed E-state index contributed by atoms with van der Waals surface area (Å²) < 4.78 is 0. The molecule has 5 heteroatoms. The fourth-order valence-corrected chi connectivity index (χ4v) is 2.25. The Hall–Kier alpha value is -2.33. The SMILES string of the molecule is Cc1cc(CC(=O)O)c(N)c(C(=O)c2ccc(Cl)cc2)c1. The van der Waals surface area contributed by atoms with Crippen LogP contribution in [0.1, 0.15) is 27.0 Å². The number of hydrogen-bond donors (Lipinski definition) is 2. The molecule has 0 aliphatic heterocycles. The van der Waals surface area contributed by atoms with Gasteiger partial charge in [0.1, 0.15) is 0 Å². The van der Waals surface area contributed by atoms with Gasteiger partial charge in [0, 0.05) is 21.8 Å². The molecule has 0 spiro atoms. The monoisotopic (exact) mass is 303 g/mol. The number of carboxylic acids is 1. The number of benzene rings is 2. The van der Waals surface area contributed by atoms with Crippen molar-refractivity contribution in [3.8, 4) is 0 Å². The van der Waals surface area contributed by atoms with E-state index >= 15 is 0 Å². The molecule has 0 heterocycles. The van der Waals surface area contributed by atoms with Crippen LogP contribution in [0.4, 0.5) is 5.69 Å². The van der Waals surface area contributed by atoms with Crippen LogP contribution in [0.15, 0.2) is 36.4 Å². The van der Waals surface area contributed by atoms with E-state index < -0.39 is 5.97 Å². The maximum absolute atomic E-state index is 12.5. The van der Waals surface area contributed by atoms with Crippen molar-refractivity contribution in [2.24, 2.45) is 0 Å². The van der Waals surface area contributed by atoms with Crippen molar-refractivity contribution in [1.29, 1.82) is 0 Å². The summed E-state index contributed by atoms with van der Waals surface area (Å²) in [5, 5.41) is 9.44. The van der Waals surface area contributed by atoms with E-state index in [0.717, 1.165) is 5.56 Å². The number of aryl methyl sites for hydroxylation is 1. The highest BCUT2D eigenvalue weighted by Crippen LogP contribution is 2.24. The van der Waals surface area contributed by atoms with E-state index in [-0.39, 0.29) is 17.9 Å². The highest BCUT2D eigenvalue weighted by Gasteiger charge is 2.17. The molecule has 0 atom stereocenters. The predicted molar refractivity (Wildman–Crippen MR) is 81.8 cm³/mol. The van der Waals surface area contributed by atoms with Crippen LogP contribution in [0.5, 0.6) is 0 Å². The van der Waals surface area contributed by atoms with Gasteiger partial charge in [-0.3, -0.25) is 9.59 Å². The van der Waals surface area contributed by atoms with E-state index in [1.54, 1.807) is 43.3 Å². The predicted octanol–water partition coefficient (Wildman–Crippen LogP) is 3.09. The number of hydrogen-bond acceptors (Lipinski definition) is 3. The summed E-state index contributed by atoms with van der Waals surface area (Å²) in [4.78, 5) is 23.4. The summed E-state index contributed by atoms with van der Waals surface area (Å²) in [5.41, 5.74) is 8.17. The summed E-state index contributed by atoms with van der Waals surface area (Å²) in [5.74, 6) is -1.24. The second kappa shape index (κ2) is 5.97. The number of carbonyl (C=O) groups excluding carboxylic acids is 1. The molecule has 0 radical (unpaired) electrons. The van der Waals surface area contributed by atoms with E-state index in [4.69, 9.17) is 22.4 Å². The molecular weight excluding hydrogens is 290 g/mol. The normalized spacial score (nSPS) is 10.4. The number of rotatable bonds is 4. The largest absolute Gasteiger partial charge is 0.481 e. The quantitative estimate of drug-likeness (QED) is 0.672. The Balaban J connectivity index is 2.47. The van der Waals surface area contributed by atoms with Gasteiger partial charge in [-0.1, -0.05) is 17.7 Å². The van der Waals surface area contributed by atoms with E-state index in [9.17, 15) is 9.59 Å². The molecule has 108 valence electrons. The van der Waals surface area contributed by atoms with Crippen molar-refractivity contribution >= 4 is 29.0 Å². The highest BCUT2D eigenvalue weighted by atomic mass is 35.5. The fraction of sp³-hybridized carbons (Fsp3) is 0.125. The third-order valence-corrected chi connectivity index (χ3v) is 3.35. The van der Waals surface area contributed by atoms with Crippen LogP contribution in [0.25, 0.3) is 0 Å². The second-order valence-electron chi connectivity index (χ2n) is 4.79.